The van der Waals surface area contributed by atoms with E-state index in [4.69, 9.17) is 4.74 Å². The van der Waals surface area contributed by atoms with E-state index in [2.05, 4.69) is 10.3 Å². The minimum atomic E-state index is -4.46. The Labute approximate surface area is 102 Å². The Balaban J connectivity index is 2.77. The largest absolute Gasteiger partial charge is 0.433 e. The Morgan fingerprint density at radius 1 is 1.50 bits per heavy atom. The highest BCUT2D eigenvalue weighted by atomic mass is 19.4. The van der Waals surface area contributed by atoms with E-state index >= 15 is 0 Å². The van der Waals surface area contributed by atoms with Gasteiger partial charge in [0.15, 0.2) is 0 Å². The predicted molar refractivity (Wildman–Crippen MR) is 57.8 cm³/mol. The Morgan fingerprint density at radius 3 is 2.56 bits per heavy atom. The molecular weight excluding hydrogens is 249 g/mol. The van der Waals surface area contributed by atoms with E-state index in [1.165, 1.54) is 20.2 Å². The number of aromatic nitrogens is 1. The summed E-state index contributed by atoms with van der Waals surface area (Å²) in [7, 11) is 2.82. The third kappa shape index (κ3) is 3.69. The maximum atomic E-state index is 12.3. The minimum Gasteiger partial charge on any atom is -0.371 e. The lowest BCUT2D eigenvalue weighted by molar-refractivity contribution is -0.141. The molecule has 4 nitrogen and oxygen atoms in total. The second-order valence-electron chi connectivity index (χ2n) is 3.59. The van der Waals surface area contributed by atoms with Crippen LogP contribution in [0.15, 0.2) is 18.3 Å². The van der Waals surface area contributed by atoms with Crippen LogP contribution in [-0.4, -0.2) is 31.2 Å². The second-order valence-corrected chi connectivity index (χ2v) is 3.59. The van der Waals surface area contributed by atoms with E-state index in [0.717, 1.165) is 12.3 Å². The van der Waals surface area contributed by atoms with Gasteiger partial charge in [-0.1, -0.05) is 6.07 Å². The molecule has 1 unspecified atom stereocenters. The maximum Gasteiger partial charge on any atom is 0.433 e. The zero-order valence-corrected chi connectivity index (χ0v) is 9.91. The molecule has 0 aromatic carbocycles. The van der Waals surface area contributed by atoms with Gasteiger partial charge in [-0.2, -0.15) is 13.2 Å². The number of carbonyl (C=O) groups is 1. The van der Waals surface area contributed by atoms with E-state index in [1.54, 1.807) is 0 Å². The highest BCUT2D eigenvalue weighted by molar-refractivity contribution is 5.80. The lowest BCUT2D eigenvalue weighted by Crippen LogP contribution is -2.34. The van der Waals surface area contributed by atoms with Crippen molar-refractivity contribution in [3.05, 3.63) is 29.6 Å². The van der Waals surface area contributed by atoms with Gasteiger partial charge in [-0.25, -0.2) is 0 Å². The molecule has 1 N–H and O–H groups in total. The molecular formula is C11H13F3N2O2. The SMILES string of the molecule is CNC(=O)C(Cc1ccc(C(F)(F)F)nc1)OC. The Bertz CT molecular complexity index is 404. The van der Waals surface area contributed by atoms with Crippen molar-refractivity contribution < 1.29 is 22.7 Å². The molecule has 1 atom stereocenters. The number of pyridine rings is 1. The van der Waals surface area contributed by atoms with Crippen LogP contribution < -0.4 is 5.32 Å². The van der Waals surface area contributed by atoms with Gasteiger partial charge in [-0.3, -0.25) is 9.78 Å². The van der Waals surface area contributed by atoms with Crippen molar-refractivity contribution in [2.45, 2.75) is 18.7 Å². The predicted octanol–water partition coefficient (Wildman–Crippen LogP) is 1.40. The molecule has 1 aromatic rings. The summed E-state index contributed by atoms with van der Waals surface area (Å²) in [6, 6.07) is 2.16. The van der Waals surface area contributed by atoms with Crippen LogP contribution in [0.3, 0.4) is 0 Å². The zero-order chi connectivity index (χ0) is 13.8. The molecule has 7 heteroatoms. The quantitative estimate of drug-likeness (QED) is 0.892. The van der Waals surface area contributed by atoms with Gasteiger partial charge in [0.2, 0.25) is 5.91 Å². The highest BCUT2D eigenvalue weighted by Gasteiger charge is 2.32. The van der Waals surface area contributed by atoms with Gasteiger partial charge in [0, 0.05) is 26.8 Å². The number of hydrogen-bond donors (Lipinski definition) is 1. The Hall–Kier alpha value is -1.63. The fourth-order valence-corrected chi connectivity index (χ4v) is 1.37. The molecule has 0 saturated carbocycles. The summed E-state index contributed by atoms with van der Waals surface area (Å²) in [5.74, 6) is -0.336. The Morgan fingerprint density at radius 2 is 2.17 bits per heavy atom. The van der Waals surface area contributed by atoms with Crippen molar-refractivity contribution in [1.29, 1.82) is 0 Å². The molecule has 1 heterocycles. The first-order chi connectivity index (χ1) is 8.38. The average Bonchev–Trinajstić information content (AvgIpc) is 2.34. The monoisotopic (exact) mass is 262 g/mol. The molecule has 1 rings (SSSR count). The number of likely N-dealkylation sites (N-methyl/N-ethyl adjacent to an activating group) is 1. The Kier molecular flexibility index (Phi) is 4.66. The van der Waals surface area contributed by atoms with Crippen molar-refractivity contribution >= 4 is 5.91 Å². The maximum absolute atomic E-state index is 12.3. The van der Waals surface area contributed by atoms with Crippen molar-refractivity contribution in [2.24, 2.45) is 0 Å². The molecule has 0 aliphatic carbocycles. The number of carbonyl (C=O) groups excluding carboxylic acids is 1. The highest BCUT2D eigenvalue weighted by Crippen LogP contribution is 2.27. The van der Waals surface area contributed by atoms with E-state index in [9.17, 15) is 18.0 Å². The van der Waals surface area contributed by atoms with Crippen molar-refractivity contribution in [2.75, 3.05) is 14.2 Å². The summed E-state index contributed by atoms with van der Waals surface area (Å²) in [6.07, 6.45) is -3.94. The van der Waals surface area contributed by atoms with Gasteiger partial charge in [0.05, 0.1) is 0 Å². The van der Waals surface area contributed by atoms with Gasteiger partial charge in [-0.05, 0) is 11.6 Å². The number of ether oxygens (including phenoxy) is 1. The zero-order valence-electron chi connectivity index (χ0n) is 9.91. The smallest absolute Gasteiger partial charge is 0.371 e. The number of amides is 1. The number of rotatable bonds is 4. The van der Waals surface area contributed by atoms with E-state index in [0.29, 0.717) is 5.56 Å². The molecule has 0 bridgehead atoms. The van der Waals surface area contributed by atoms with Crippen LogP contribution in [0.5, 0.6) is 0 Å². The number of nitrogens with zero attached hydrogens (tertiary/aromatic N) is 1. The normalized spacial score (nSPS) is 13.2. The fraction of sp³-hybridized carbons (Fsp3) is 0.455. The van der Waals surface area contributed by atoms with Gasteiger partial charge in [0.25, 0.3) is 0 Å². The van der Waals surface area contributed by atoms with Crippen molar-refractivity contribution in [3.63, 3.8) is 0 Å². The number of halogens is 3. The summed E-state index contributed by atoms with van der Waals surface area (Å²) in [6.45, 7) is 0. The van der Waals surface area contributed by atoms with Crippen LogP contribution in [0.4, 0.5) is 13.2 Å². The molecule has 0 saturated heterocycles. The minimum absolute atomic E-state index is 0.168. The molecule has 0 radical (unpaired) electrons. The molecule has 0 aliphatic heterocycles. The molecule has 1 amide bonds. The summed E-state index contributed by atoms with van der Waals surface area (Å²) in [4.78, 5) is 14.6. The van der Waals surface area contributed by atoms with Gasteiger partial charge >= 0.3 is 6.18 Å². The van der Waals surface area contributed by atoms with Crippen LogP contribution in [0.1, 0.15) is 11.3 Å². The van der Waals surface area contributed by atoms with Gasteiger partial charge < -0.3 is 10.1 Å². The van der Waals surface area contributed by atoms with Crippen LogP contribution in [0, 0.1) is 0 Å². The number of alkyl halides is 3. The summed E-state index contributed by atoms with van der Waals surface area (Å²) in [5, 5.41) is 2.41. The van der Waals surface area contributed by atoms with E-state index < -0.39 is 18.0 Å². The first kappa shape index (κ1) is 14.4. The van der Waals surface area contributed by atoms with Crippen LogP contribution >= 0.6 is 0 Å². The topological polar surface area (TPSA) is 51.2 Å². The first-order valence-corrected chi connectivity index (χ1v) is 5.15. The third-order valence-electron chi connectivity index (χ3n) is 2.36. The van der Waals surface area contributed by atoms with Crippen LogP contribution in [0.25, 0.3) is 0 Å². The number of hydrogen-bond acceptors (Lipinski definition) is 3. The van der Waals surface area contributed by atoms with Crippen molar-refractivity contribution in [3.8, 4) is 0 Å². The number of methoxy groups -OCH3 is 1. The van der Waals surface area contributed by atoms with Crippen LogP contribution in [0.2, 0.25) is 0 Å². The summed E-state index contributed by atoms with van der Waals surface area (Å²) >= 11 is 0. The average molecular weight is 262 g/mol. The third-order valence-corrected chi connectivity index (χ3v) is 2.36. The molecule has 100 valence electrons. The lowest BCUT2D eigenvalue weighted by Gasteiger charge is -2.13. The second kappa shape index (κ2) is 5.81. The van der Waals surface area contributed by atoms with Gasteiger partial charge in [-0.15, -0.1) is 0 Å². The first-order valence-electron chi connectivity index (χ1n) is 5.15. The molecule has 0 fully saturated rings. The lowest BCUT2D eigenvalue weighted by atomic mass is 10.1. The molecule has 1 aromatic heterocycles. The van der Waals surface area contributed by atoms with Gasteiger partial charge in [0.1, 0.15) is 11.8 Å². The molecule has 0 spiro atoms. The number of nitrogens with one attached hydrogen (secondary N) is 1. The van der Waals surface area contributed by atoms with E-state index in [-0.39, 0.29) is 12.3 Å². The van der Waals surface area contributed by atoms with Crippen molar-refractivity contribution in [1.82, 2.24) is 10.3 Å². The fourth-order valence-electron chi connectivity index (χ4n) is 1.37. The molecule has 0 aliphatic rings. The molecule has 18 heavy (non-hydrogen) atoms. The van der Waals surface area contributed by atoms with Crippen LogP contribution in [-0.2, 0) is 22.1 Å². The standard InChI is InChI=1S/C11H13F3N2O2/c1-15-10(17)8(18-2)5-7-3-4-9(16-6-7)11(12,13)14/h3-4,6,8H,5H2,1-2H3,(H,15,17). The summed E-state index contributed by atoms with van der Waals surface area (Å²) < 4.78 is 41.8. The van der Waals surface area contributed by atoms with E-state index in [1.807, 2.05) is 0 Å². The summed E-state index contributed by atoms with van der Waals surface area (Å²) in [5.41, 5.74) is -0.460.